The number of piperidine rings is 1. The number of piperazine rings is 1. The maximum atomic E-state index is 13.7. The summed E-state index contributed by atoms with van der Waals surface area (Å²) < 4.78 is 6.37. The molecule has 0 aliphatic carbocycles. The number of benzene rings is 3. The van der Waals surface area contributed by atoms with Crippen molar-refractivity contribution >= 4 is 57.9 Å². The zero-order valence-corrected chi connectivity index (χ0v) is 34.1. The topological polar surface area (TPSA) is 107 Å². The molecule has 12 heteroatoms. The van der Waals surface area contributed by atoms with Crippen LogP contribution in [0.15, 0.2) is 60.7 Å². The van der Waals surface area contributed by atoms with E-state index in [4.69, 9.17) is 23.5 Å². The van der Waals surface area contributed by atoms with Gasteiger partial charge >= 0.3 is 0 Å². The lowest BCUT2D eigenvalue weighted by molar-refractivity contribution is -0.136. The molecule has 3 fully saturated rings. The van der Waals surface area contributed by atoms with Gasteiger partial charge in [-0.1, -0.05) is 37.3 Å². The molecule has 11 nitrogen and oxygen atoms in total. The van der Waals surface area contributed by atoms with E-state index in [1.165, 1.54) is 0 Å². The molecular formula is C44H52N6O5S. The Morgan fingerprint density at radius 2 is 1.71 bits per heavy atom. The number of Topliss-reactive ketones (excluding diaryl/α,β-unsaturated/α-hetero) is 1. The highest BCUT2D eigenvalue weighted by Crippen LogP contribution is 2.39. The predicted molar refractivity (Wildman–Crippen MR) is 222 cm³/mol. The van der Waals surface area contributed by atoms with Gasteiger partial charge in [0.25, 0.3) is 5.91 Å². The van der Waals surface area contributed by atoms with Crippen LogP contribution in [0.5, 0.6) is 5.75 Å². The van der Waals surface area contributed by atoms with Crippen LogP contribution in [0.3, 0.4) is 0 Å². The Labute approximate surface area is 335 Å². The quantitative estimate of drug-likeness (QED) is 0.123. The van der Waals surface area contributed by atoms with Crippen LogP contribution in [0.2, 0.25) is 0 Å². The number of carbonyl (C=O) groups is 4. The first-order valence-electron chi connectivity index (χ1n) is 19.5. The summed E-state index contributed by atoms with van der Waals surface area (Å²) in [5.41, 5.74) is 4.86. The zero-order valence-electron chi connectivity index (χ0n) is 33.3. The summed E-state index contributed by atoms with van der Waals surface area (Å²) in [5, 5.41) is 2.83. The third kappa shape index (κ3) is 8.70. The van der Waals surface area contributed by atoms with Crippen LogP contribution in [0.25, 0.3) is 4.85 Å². The van der Waals surface area contributed by atoms with Gasteiger partial charge in [0.15, 0.2) is 16.6 Å². The van der Waals surface area contributed by atoms with Crippen LogP contribution in [-0.4, -0.2) is 88.8 Å². The van der Waals surface area contributed by atoms with Crippen molar-refractivity contribution < 1.29 is 23.9 Å². The highest BCUT2D eigenvalue weighted by Gasteiger charge is 2.50. The van der Waals surface area contributed by atoms with Gasteiger partial charge in [-0.2, -0.15) is 0 Å². The highest BCUT2D eigenvalue weighted by molar-refractivity contribution is 7.81. The smallest absolute Gasteiger partial charge is 0.259 e. The average molecular weight is 777 g/mol. The second-order valence-electron chi connectivity index (χ2n) is 15.9. The largest absolute Gasteiger partial charge is 0.492 e. The highest BCUT2D eigenvalue weighted by atomic mass is 32.1. The molecule has 0 saturated carbocycles. The van der Waals surface area contributed by atoms with E-state index in [1.54, 1.807) is 17.0 Å². The Balaban J connectivity index is 1.01. The van der Waals surface area contributed by atoms with Gasteiger partial charge in [-0.25, -0.2) is 4.85 Å². The summed E-state index contributed by atoms with van der Waals surface area (Å²) in [7, 11) is 0. The van der Waals surface area contributed by atoms with Crippen molar-refractivity contribution in [3.63, 3.8) is 0 Å². The molecule has 3 saturated heterocycles. The van der Waals surface area contributed by atoms with Crippen molar-refractivity contribution in [3.05, 3.63) is 94.3 Å². The Morgan fingerprint density at radius 3 is 2.39 bits per heavy atom. The number of ether oxygens (including phenoxy) is 1. The second-order valence-corrected chi connectivity index (χ2v) is 16.3. The molecule has 3 aromatic rings. The third-order valence-electron chi connectivity index (χ3n) is 11.3. The van der Waals surface area contributed by atoms with Crippen molar-refractivity contribution in [2.75, 3.05) is 42.6 Å². The van der Waals surface area contributed by atoms with Crippen LogP contribution in [0.1, 0.15) is 69.7 Å². The lowest BCUT2D eigenvalue weighted by Crippen LogP contribution is -2.58. The summed E-state index contributed by atoms with van der Waals surface area (Å²) in [5.74, 6) is 0.187. The summed E-state index contributed by atoms with van der Waals surface area (Å²) in [6.07, 6.45) is 2.55. The Kier molecular flexibility index (Phi) is 12.4. The molecule has 56 heavy (non-hydrogen) atoms. The van der Waals surface area contributed by atoms with Gasteiger partial charge in [0.05, 0.1) is 13.1 Å². The van der Waals surface area contributed by atoms with E-state index in [-0.39, 0.29) is 41.5 Å². The van der Waals surface area contributed by atoms with E-state index in [1.807, 2.05) is 68.1 Å². The second kappa shape index (κ2) is 17.0. The summed E-state index contributed by atoms with van der Waals surface area (Å²) >= 11 is 5.92. The fourth-order valence-electron chi connectivity index (χ4n) is 8.30. The SMILES string of the molecule is [C-]#[N+]c1ccc(N2C(=O)C(C)(C)N(c3ccc(OCCN4C[C@@H](C)N(CC(=O)Cc5cccc(CC6CCC(=O)NC6=O)c5)[C@@H](C)C4)c(CC)c3)C2=S)cc1C. The lowest BCUT2D eigenvalue weighted by Gasteiger charge is -2.44. The minimum absolute atomic E-state index is 0.127. The van der Waals surface area contributed by atoms with Crippen molar-refractivity contribution in [2.45, 2.75) is 91.3 Å². The first kappa shape index (κ1) is 40.7. The van der Waals surface area contributed by atoms with E-state index < -0.39 is 5.54 Å². The number of hydrogen-bond donors (Lipinski definition) is 1. The molecular weight excluding hydrogens is 725 g/mol. The van der Waals surface area contributed by atoms with E-state index in [0.29, 0.717) is 55.3 Å². The molecule has 3 aliphatic rings. The third-order valence-corrected chi connectivity index (χ3v) is 11.7. The molecule has 3 heterocycles. The molecule has 6 rings (SSSR count). The number of thiocarbonyl (C=S) groups is 1. The van der Waals surface area contributed by atoms with Gasteiger partial charge in [0.2, 0.25) is 11.8 Å². The maximum Gasteiger partial charge on any atom is 0.259 e. The summed E-state index contributed by atoms with van der Waals surface area (Å²) in [6.45, 7) is 22.7. The first-order chi connectivity index (χ1) is 26.7. The number of amides is 3. The molecule has 1 N–H and O–H groups in total. The zero-order chi connectivity index (χ0) is 40.3. The van der Waals surface area contributed by atoms with Gasteiger partial charge in [-0.3, -0.25) is 39.2 Å². The lowest BCUT2D eigenvalue weighted by atomic mass is 9.90. The monoisotopic (exact) mass is 776 g/mol. The van der Waals surface area contributed by atoms with Gasteiger partial charge in [-0.15, -0.1) is 0 Å². The average Bonchev–Trinajstić information content (AvgIpc) is 3.33. The number of carbonyl (C=O) groups excluding carboxylic acids is 4. The van der Waals surface area contributed by atoms with E-state index in [0.717, 1.165) is 59.7 Å². The number of hydrogen-bond acceptors (Lipinski definition) is 8. The summed E-state index contributed by atoms with van der Waals surface area (Å²) in [6, 6.07) is 19.6. The number of ketones is 1. The van der Waals surface area contributed by atoms with Gasteiger partial charge < -0.3 is 9.64 Å². The number of anilines is 2. The van der Waals surface area contributed by atoms with Crippen LogP contribution in [0, 0.1) is 19.4 Å². The Morgan fingerprint density at radius 1 is 1.00 bits per heavy atom. The van der Waals surface area contributed by atoms with Crippen molar-refractivity contribution in [3.8, 4) is 5.75 Å². The molecule has 0 aromatic heterocycles. The maximum absolute atomic E-state index is 13.7. The van der Waals surface area contributed by atoms with Gasteiger partial charge in [0, 0.05) is 61.9 Å². The van der Waals surface area contributed by atoms with E-state index in [2.05, 4.69) is 46.8 Å². The number of imide groups is 1. The molecule has 3 aromatic carbocycles. The number of aryl methyl sites for hydroxylation is 2. The Hall–Kier alpha value is -4.96. The molecule has 3 amide bonds. The molecule has 3 atom stereocenters. The molecule has 0 spiro atoms. The number of nitrogens with one attached hydrogen (secondary N) is 1. The van der Waals surface area contributed by atoms with Gasteiger partial charge in [-0.05, 0) is 119 Å². The van der Waals surface area contributed by atoms with Crippen LogP contribution in [0.4, 0.5) is 17.1 Å². The predicted octanol–water partition coefficient (Wildman–Crippen LogP) is 6.21. The Bertz CT molecular complexity index is 2060. The number of nitrogens with zero attached hydrogens (tertiary/aromatic N) is 5. The van der Waals surface area contributed by atoms with Gasteiger partial charge in [0.1, 0.15) is 17.9 Å². The van der Waals surface area contributed by atoms with E-state index in [9.17, 15) is 19.2 Å². The molecule has 0 radical (unpaired) electrons. The molecule has 0 bridgehead atoms. The van der Waals surface area contributed by atoms with Crippen molar-refractivity contribution in [1.82, 2.24) is 15.1 Å². The minimum atomic E-state index is -0.915. The fraction of sp³-hybridized carbons (Fsp3) is 0.455. The fourth-order valence-corrected chi connectivity index (χ4v) is 8.82. The molecule has 294 valence electrons. The summed E-state index contributed by atoms with van der Waals surface area (Å²) in [4.78, 5) is 62.5. The molecule has 1 unspecified atom stereocenters. The van der Waals surface area contributed by atoms with Crippen LogP contribution in [-0.2, 0) is 38.4 Å². The van der Waals surface area contributed by atoms with Crippen LogP contribution < -0.4 is 19.9 Å². The minimum Gasteiger partial charge on any atom is -0.492 e. The normalized spacial score (nSPS) is 21.6. The van der Waals surface area contributed by atoms with Crippen molar-refractivity contribution in [2.24, 2.45) is 5.92 Å². The van der Waals surface area contributed by atoms with Crippen molar-refractivity contribution in [1.29, 1.82) is 0 Å². The van der Waals surface area contributed by atoms with E-state index >= 15 is 0 Å². The first-order valence-corrected chi connectivity index (χ1v) is 19.9. The molecule has 3 aliphatic heterocycles. The number of rotatable bonds is 13. The standard InChI is InChI=1S/C44H52N6O5S/c1-8-33-24-36(50-43(56)49(42(54)44(50,5)6)35-13-15-38(45-7)28(2)20-35)14-16-39(33)55-19-18-47-25-29(3)48(30(4)26-47)27-37(51)23-32-11-9-10-31(21-32)22-34-12-17-40(52)46-41(34)53/h9-11,13-16,20-21,24,29-30,34H,8,12,17-19,22-23,25-27H2,1-6H3,(H,46,52,53)/t29-,30+,34?. The van der Waals surface area contributed by atoms with Crippen LogP contribution >= 0.6 is 12.2 Å².